The van der Waals surface area contributed by atoms with Crippen LogP contribution in [0.3, 0.4) is 0 Å². The van der Waals surface area contributed by atoms with E-state index in [0.717, 1.165) is 19.0 Å². The molecule has 1 aromatic rings. The summed E-state index contributed by atoms with van der Waals surface area (Å²) in [5.74, 6) is -5.60. The van der Waals surface area contributed by atoms with Crippen molar-refractivity contribution >= 4 is 5.78 Å². The summed E-state index contributed by atoms with van der Waals surface area (Å²) >= 11 is 0. The summed E-state index contributed by atoms with van der Waals surface area (Å²) in [5.41, 5.74) is -1.81. The predicted octanol–water partition coefficient (Wildman–Crippen LogP) is 2.16. The van der Waals surface area contributed by atoms with Crippen molar-refractivity contribution in [3.63, 3.8) is 0 Å². The summed E-state index contributed by atoms with van der Waals surface area (Å²) in [5, 5.41) is 13.4. The number of nitrogens with zero attached hydrogens (tertiary/aromatic N) is 1. The Balaban J connectivity index is 2.34. The van der Waals surface area contributed by atoms with Gasteiger partial charge in [-0.15, -0.1) is 0 Å². The Labute approximate surface area is 111 Å². The number of benzene rings is 1. The minimum atomic E-state index is -1.47. The molecule has 0 radical (unpaired) electrons. The van der Waals surface area contributed by atoms with E-state index in [0.29, 0.717) is 6.07 Å². The van der Waals surface area contributed by atoms with Crippen LogP contribution in [-0.4, -0.2) is 16.7 Å². The summed E-state index contributed by atoms with van der Waals surface area (Å²) in [6.07, 6.45) is 2.49. The summed E-state index contributed by atoms with van der Waals surface area (Å²) in [6.45, 7) is 0. The van der Waals surface area contributed by atoms with Crippen LogP contribution in [0, 0.1) is 27.6 Å². The van der Waals surface area contributed by atoms with E-state index in [2.05, 4.69) is 5.32 Å². The van der Waals surface area contributed by atoms with Crippen molar-refractivity contribution in [3.8, 4) is 0 Å². The molecular formula is C12H9F3N2O3. The van der Waals surface area contributed by atoms with Gasteiger partial charge in [0.2, 0.25) is 0 Å². The highest BCUT2D eigenvalue weighted by Crippen LogP contribution is 2.20. The lowest BCUT2D eigenvalue weighted by atomic mass is 10.1. The van der Waals surface area contributed by atoms with Crippen LogP contribution >= 0.6 is 0 Å². The molecule has 0 atom stereocenters. The zero-order valence-electron chi connectivity index (χ0n) is 10.0. The van der Waals surface area contributed by atoms with Gasteiger partial charge in [0.05, 0.1) is 16.7 Å². The number of hydrogen-bond acceptors (Lipinski definition) is 4. The Morgan fingerprint density at radius 3 is 2.40 bits per heavy atom. The first-order valence-electron chi connectivity index (χ1n) is 5.70. The van der Waals surface area contributed by atoms with Gasteiger partial charge in [0.1, 0.15) is 5.82 Å². The molecule has 0 heterocycles. The van der Waals surface area contributed by atoms with Crippen molar-refractivity contribution in [1.29, 1.82) is 0 Å². The Morgan fingerprint density at radius 2 is 1.85 bits per heavy atom. The fourth-order valence-corrected chi connectivity index (χ4v) is 1.48. The number of ketones is 1. The van der Waals surface area contributed by atoms with Gasteiger partial charge in [-0.05, 0) is 18.9 Å². The average Bonchev–Trinajstić information content (AvgIpc) is 3.17. The largest absolute Gasteiger partial charge is 0.383 e. The third-order valence-electron chi connectivity index (χ3n) is 2.72. The molecule has 1 aliphatic rings. The fourth-order valence-electron chi connectivity index (χ4n) is 1.48. The van der Waals surface area contributed by atoms with E-state index in [1.54, 1.807) is 0 Å². The Morgan fingerprint density at radius 1 is 1.25 bits per heavy atom. The first-order chi connectivity index (χ1) is 9.40. The highest BCUT2D eigenvalue weighted by Gasteiger charge is 2.29. The second-order valence-electron chi connectivity index (χ2n) is 4.30. The molecule has 2 rings (SSSR count). The number of hydrogen-bond donors (Lipinski definition) is 1. The number of nitrogens with one attached hydrogen (secondary N) is 1. The predicted molar refractivity (Wildman–Crippen MR) is 61.9 cm³/mol. The van der Waals surface area contributed by atoms with E-state index < -0.39 is 39.4 Å². The summed E-state index contributed by atoms with van der Waals surface area (Å²) < 4.78 is 39.2. The minimum absolute atomic E-state index is 0.0487. The van der Waals surface area contributed by atoms with Crippen LogP contribution < -0.4 is 5.32 Å². The Bertz CT molecular complexity index is 612. The molecule has 1 fully saturated rings. The van der Waals surface area contributed by atoms with Crippen LogP contribution in [0.15, 0.2) is 24.0 Å². The van der Waals surface area contributed by atoms with Crippen molar-refractivity contribution in [2.75, 3.05) is 0 Å². The van der Waals surface area contributed by atoms with E-state index in [1.165, 1.54) is 0 Å². The van der Waals surface area contributed by atoms with Gasteiger partial charge in [0, 0.05) is 12.1 Å². The number of carbonyl (C=O) groups is 1. The molecule has 0 unspecified atom stereocenters. The summed E-state index contributed by atoms with van der Waals surface area (Å²) in [7, 11) is 0. The molecular weight excluding hydrogens is 277 g/mol. The highest BCUT2D eigenvalue weighted by atomic mass is 19.2. The highest BCUT2D eigenvalue weighted by molar-refractivity contribution is 6.07. The maximum atomic E-state index is 13.4. The van der Waals surface area contributed by atoms with Crippen molar-refractivity contribution in [1.82, 2.24) is 5.32 Å². The first-order valence-corrected chi connectivity index (χ1v) is 5.70. The quantitative estimate of drug-likeness (QED) is 0.296. The molecule has 1 saturated carbocycles. The second-order valence-corrected chi connectivity index (χ2v) is 4.30. The summed E-state index contributed by atoms with van der Waals surface area (Å²) in [4.78, 5) is 21.6. The van der Waals surface area contributed by atoms with E-state index in [9.17, 15) is 28.1 Å². The standard InChI is InChI=1S/C12H9F3N2O3/c13-8-4-10(15)9(14)3-7(8)12(18)11(17(19)20)5-16-6-1-2-6/h3-6,16H,1-2H2/b11-5-. The zero-order valence-corrected chi connectivity index (χ0v) is 10.0. The number of allylic oxidation sites excluding steroid dienone is 1. The number of Topliss-reactive ketones (excluding diaryl/α,β-unsaturated/α-hetero) is 1. The van der Waals surface area contributed by atoms with Crippen LogP contribution in [0.4, 0.5) is 13.2 Å². The lowest BCUT2D eigenvalue weighted by molar-refractivity contribution is -0.417. The van der Waals surface area contributed by atoms with Crippen molar-refractivity contribution in [2.24, 2.45) is 0 Å². The Kier molecular flexibility index (Phi) is 3.73. The molecule has 1 aromatic carbocycles. The number of rotatable bonds is 5. The molecule has 1 aliphatic carbocycles. The van der Waals surface area contributed by atoms with Gasteiger partial charge in [0.25, 0.3) is 5.78 Å². The normalized spacial score (nSPS) is 15.1. The fraction of sp³-hybridized carbons (Fsp3) is 0.250. The molecule has 5 nitrogen and oxygen atoms in total. The molecule has 8 heteroatoms. The molecule has 106 valence electrons. The van der Waals surface area contributed by atoms with Crippen LogP contribution in [0.1, 0.15) is 23.2 Å². The second kappa shape index (κ2) is 5.32. The van der Waals surface area contributed by atoms with Gasteiger partial charge in [-0.3, -0.25) is 14.9 Å². The molecule has 0 aliphatic heterocycles. The monoisotopic (exact) mass is 286 g/mol. The maximum Gasteiger partial charge on any atom is 0.332 e. The van der Waals surface area contributed by atoms with Crippen molar-refractivity contribution in [3.05, 3.63) is 57.2 Å². The molecule has 0 spiro atoms. The third-order valence-corrected chi connectivity index (χ3v) is 2.72. The lowest BCUT2D eigenvalue weighted by Crippen LogP contribution is -2.19. The van der Waals surface area contributed by atoms with E-state index >= 15 is 0 Å². The molecule has 20 heavy (non-hydrogen) atoms. The maximum absolute atomic E-state index is 13.4. The molecule has 0 amide bonds. The molecule has 0 saturated heterocycles. The van der Waals surface area contributed by atoms with Crippen LogP contribution in [0.5, 0.6) is 0 Å². The number of halogens is 3. The molecule has 0 bridgehead atoms. The van der Waals surface area contributed by atoms with Crippen molar-refractivity contribution < 1.29 is 22.9 Å². The van der Waals surface area contributed by atoms with Crippen molar-refractivity contribution in [2.45, 2.75) is 18.9 Å². The Hall–Kier alpha value is -2.38. The average molecular weight is 286 g/mol. The van der Waals surface area contributed by atoms with Gasteiger partial charge < -0.3 is 5.32 Å². The van der Waals surface area contributed by atoms with Gasteiger partial charge >= 0.3 is 5.70 Å². The van der Waals surface area contributed by atoms with Gasteiger partial charge in [-0.2, -0.15) is 0 Å². The first kappa shape index (κ1) is 14.0. The topological polar surface area (TPSA) is 72.2 Å². The van der Waals surface area contributed by atoms with Crippen LogP contribution in [0.2, 0.25) is 0 Å². The van der Waals surface area contributed by atoms with Gasteiger partial charge in [0.15, 0.2) is 11.6 Å². The van der Waals surface area contributed by atoms with Gasteiger partial charge in [-0.25, -0.2) is 13.2 Å². The zero-order chi connectivity index (χ0) is 14.9. The SMILES string of the molecule is O=C(/C(=C/NC1CC1)[N+](=O)[O-])c1cc(F)c(F)cc1F. The number of carbonyl (C=O) groups excluding carboxylic acids is 1. The van der Waals surface area contributed by atoms with Gasteiger partial charge in [-0.1, -0.05) is 0 Å². The van der Waals surface area contributed by atoms with E-state index in [1.807, 2.05) is 0 Å². The molecule has 0 aromatic heterocycles. The van der Waals surface area contributed by atoms with Crippen LogP contribution in [0.25, 0.3) is 0 Å². The number of nitro groups is 1. The molecule has 1 N–H and O–H groups in total. The summed E-state index contributed by atoms with van der Waals surface area (Å²) in [6, 6.07) is 0.531. The lowest BCUT2D eigenvalue weighted by Gasteiger charge is -2.03. The van der Waals surface area contributed by atoms with E-state index in [-0.39, 0.29) is 12.1 Å². The minimum Gasteiger partial charge on any atom is -0.383 e. The smallest absolute Gasteiger partial charge is 0.332 e. The van der Waals surface area contributed by atoms with Crippen LogP contribution in [-0.2, 0) is 0 Å². The van der Waals surface area contributed by atoms with E-state index in [4.69, 9.17) is 0 Å². The third kappa shape index (κ3) is 2.95.